The Balaban J connectivity index is 1.84. The Morgan fingerprint density at radius 1 is 1.41 bits per heavy atom. The molecular formula is C16H16N2O3S. The van der Waals surface area contributed by atoms with Gasteiger partial charge in [-0.25, -0.2) is 4.98 Å². The monoisotopic (exact) mass is 316 g/mol. The molecule has 1 N–H and O–H groups in total. The first-order chi connectivity index (χ1) is 10.7. The highest BCUT2D eigenvalue weighted by Gasteiger charge is 2.20. The second-order valence-corrected chi connectivity index (χ2v) is 5.85. The van der Waals surface area contributed by atoms with Crippen molar-refractivity contribution in [3.05, 3.63) is 51.7 Å². The van der Waals surface area contributed by atoms with E-state index >= 15 is 0 Å². The lowest BCUT2D eigenvalue weighted by Gasteiger charge is -2.03. The lowest BCUT2D eigenvalue weighted by molar-refractivity contribution is 0.0918. The predicted molar refractivity (Wildman–Crippen MR) is 84.9 cm³/mol. The van der Waals surface area contributed by atoms with Crippen LogP contribution in [-0.2, 0) is 17.9 Å². The third kappa shape index (κ3) is 2.88. The fourth-order valence-corrected chi connectivity index (χ4v) is 3.00. The number of fused-ring (bicyclic) bond motifs is 1. The van der Waals surface area contributed by atoms with E-state index in [1.807, 2.05) is 36.6 Å². The molecule has 0 fully saturated rings. The standard InChI is InChI=1S/C16H16N2O3S/c1-10-9-22-14(18-10)7-17-16(19)15-12(8-20-2)11-5-3-4-6-13(11)21-15/h3-6,9H,7-8H2,1-2H3,(H,17,19). The number of para-hydroxylation sites is 1. The Kier molecular flexibility index (Phi) is 4.22. The molecule has 0 radical (unpaired) electrons. The molecule has 0 aliphatic heterocycles. The number of aromatic nitrogens is 1. The minimum absolute atomic E-state index is 0.254. The zero-order chi connectivity index (χ0) is 15.5. The van der Waals surface area contributed by atoms with E-state index < -0.39 is 0 Å². The quantitative estimate of drug-likeness (QED) is 0.784. The number of aryl methyl sites for hydroxylation is 1. The van der Waals surface area contributed by atoms with Gasteiger partial charge in [-0.05, 0) is 13.0 Å². The summed E-state index contributed by atoms with van der Waals surface area (Å²) in [5.41, 5.74) is 2.41. The van der Waals surface area contributed by atoms with Gasteiger partial charge in [0.15, 0.2) is 5.76 Å². The first-order valence-electron chi connectivity index (χ1n) is 6.87. The van der Waals surface area contributed by atoms with Crippen molar-refractivity contribution in [2.45, 2.75) is 20.1 Å². The summed E-state index contributed by atoms with van der Waals surface area (Å²) in [5.74, 6) is 0.0485. The van der Waals surface area contributed by atoms with Gasteiger partial charge in [0, 0.05) is 29.1 Å². The van der Waals surface area contributed by atoms with Gasteiger partial charge in [-0.1, -0.05) is 18.2 Å². The average Bonchev–Trinajstić information content (AvgIpc) is 3.10. The Hall–Kier alpha value is -2.18. The molecule has 6 heteroatoms. The number of methoxy groups -OCH3 is 1. The number of nitrogens with one attached hydrogen (secondary N) is 1. The second kappa shape index (κ2) is 6.29. The van der Waals surface area contributed by atoms with Crippen LogP contribution in [0.2, 0.25) is 0 Å². The van der Waals surface area contributed by atoms with Crippen LogP contribution in [0.5, 0.6) is 0 Å². The van der Waals surface area contributed by atoms with Crippen molar-refractivity contribution in [2.24, 2.45) is 0 Å². The molecule has 1 aromatic carbocycles. The van der Waals surface area contributed by atoms with Gasteiger partial charge in [-0.3, -0.25) is 4.79 Å². The van der Waals surface area contributed by atoms with Gasteiger partial charge in [-0.2, -0.15) is 0 Å². The van der Waals surface area contributed by atoms with E-state index in [0.29, 0.717) is 24.5 Å². The molecule has 0 aliphatic rings. The summed E-state index contributed by atoms with van der Waals surface area (Å²) in [4.78, 5) is 16.7. The molecule has 0 saturated heterocycles. The Bertz CT molecular complexity index is 807. The van der Waals surface area contributed by atoms with Gasteiger partial charge in [-0.15, -0.1) is 11.3 Å². The molecule has 114 valence electrons. The third-order valence-corrected chi connectivity index (χ3v) is 4.23. The first-order valence-corrected chi connectivity index (χ1v) is 7.75. The highest BCUT2D eigenvalue weighted by Crippen LogP contribution is 2.26. The van der Waals surface area contributed by atoms with Crippen LogP contribution in [0.1, 0.15) is 26.8 Å². The molecule has 5 nitrogen and oxygen atoms in total. The summed E-state index contributed by atoms with van der Waals surface area (Å²) in [6.45, 7) is 2.65. The van der Waals surface area contributed by atoms with Gasteiger partial charge in [0.1, 0.15) is 10.6 Å². The molecular weight excluding hydrogens is 300 g/mol. The number of nitrogens with zero attached hydrogens (tertiary/aromatic N) is 1. The molecule has 2 heterocycles. The molecule has 0 spiro atoms. The van der Waals surface area contributed by atoms with Gasteiger partial charge < -0.3 is 14.5 Å². The summed E-state index contributed by atoms with van der Waals surface area (Å²) in [6.07, 6.45) is 0. The topological polar surface area (TPSA) is 64.4 Å². The number of thiazole rings is 1. The Morgan fingerprint density at radius 2 is 2.23 bits per heavy atom. The Morgan fingerprint density at radius 3 is 2.95 bits per heavy atom. The molecule has 3 aromatic rings. The molecule has 1 amide bonds. The van der Waals surface area contributed by atoms with Crippen LogP contribution in [0, 0.1) is 6.92 Å². The zero-order valence-corrected chi connectivity index (χ0v) is 13.2. The van der Waals surface area contributed by atoms with E-state index in [4.69, 9.17) is 9.15 Å². The maximum absolute atomic E-state index is 12.4. The van der Waals surface area contributed by atoms with E-state index in [1.54, 1.807) is 7.11 Å². The Labute approximate surface area is 131 Å². The summed E-state index contributed by atoms with van der Waals surface area (Å²) < 4.78 is 10.9. The molecule has 0 aliphatic carbocycles. The SMILES string of the molecule is COCc1c(C(=O)NCc2nc(C)cs2)oc2ccccc12. The lowest BCUT2D eigenvalue weighted by atomic mass is 10.1. The molecule has 3 rings (SSSR count). The number of ether oxygens (including phenoxy) is 1. The van der Waals surface area contributed by atoms with Crippen molar-refractivity contribution >= 4 is 28.2 Å². The zero-order valence-electron chi connectivity index (χ0n) is 12.4. The maximum Gasteiger partial charge on any atom is 0.287 e. The molecule has 2 aromatic heterocycles. The normalized spacial score (nSPS) is 11.0. The molecule has 22 heavy (non-hydrogen) atoms. The van der Waals surface area contributed by atoms with E-state index in [0.717, 1.165) is 21.7 Å². The van der Waals surface area contributed by atoms with Crippen molar-refractivity contribution in [3.63, 3.8) is 0 Å². The van der Waals surface area contributed by atoms with Crippen LogP contribution in [-0.4, -0.2) is 18.0 Å². The van der Waals surface area contributed by atoms with Gasteiger partial charge in [0.25, 0.3) is 5.91 Å². The summed E-state index contributed by atoms with van der Waals surface area (Å²) in [7, 11) is 1.60. The number of rotatable bonds is 5. The summed E-state index contributed by atoms with van der Waals surface area (Å²) in [5, 5.41) is 6.58. The van der Waals surface area contributed by atoms with E-state index in [9.17, 15) is 4.79 Å². The fraction of sp³-hybridized carbons (Fsp3) is 0.250. The fourth-order valence-electron chi connectivity index (χ4n) is 2.29. The maximum atomic E-state index is 12.4. The van der Waals surface area contributed by atoms with Crippen molar-refractivity contribution in [1.29, 1.82) is 0 Å². The number of carbonyl (C=O) groups is 1. The minimum atomic E-state index is -0.254. The number of carbonyl (C=O) groups excluding carboxylic acids is 1. The molecule has 0 unspecified atom stereocenters. The first kappa shape index (κ1) is 14.7. The van der Waals surface area contributed by atoms with Crippen molar-refractivity contribution < 1.29 is 13.9 Å². The smallest absolute Gasteiger partial charge is 0.287 e. The minimum Gasteiger partial charge on any atom is -0.451 e. The van der Waals surface area contributed by atoms with Gasteiger partial charge in [0.05, 0.1) is 13.2 Å². The third-order valence-electron chi connectivity index (χ3n) is 3.26. The van der Waals surface area contributed by atoms with Crippen LogP contribution in [0.15, 0.2) is 34.1 Å². The molecule has 0 atom stereocenters. The van der Waals surface area contributed by atoms with Crippen LogP contribution in [0.3, 0.4) is 0 Å². The average molecular weight is 316 g/mol. The summed E-state index contributed by atoms with van der Waals surface area (Å²) >= 11 is 1.53. The van der Waals surface area contributed by atoms with Crippen molar-refractivity contribution in [3.8, 4) is 0 Å². The van der Waals surface area contributed by atoms with Gasteiger partial charge in [0.2, 0.25) is 0 Å². The van der Waals surface area contributed by atoms with Crippen LogP contribution in [0.4, 0.5) is 0 Å². The van der Waals surface area contributed by atoms with Crippen molar-refractivity contribution in [1.82, 2.24) is 10.3 Å². The number of benzene rings is 1. The number of amides is 1. The highest BCUT2D eigenvalue weighted by molar-refractivity contribution is 7.09. The van der Waals surface area contributed by atoms with Crippen LogP contribution >= 0.6 is 11.3 Å². The van der Waals surface area contributed by atoms with E-state index in [2.05, 4.69) is 10.3 Å². The molecule has 0 bridgehead atoms. The lowest BCUT2D eigenvalue weighted by Crippen LogP contribution is -2.23. The van der Waals surface area contributed by atoms with Crippen molar-refractivity contribution in [2.75, 3.05) is 7.11 Å². The second-order valence-electron chi connectivity index (χ2n) is 4.90. The van der Waals surface area contributed by atoms with E-state index in [1.165, 1.54) is 11.3 Å². The van der Waals surface area contributed by atoms with E-state index in [-0.39, 0.29) is 5.91 Å². The van der Waals surface area contributed by atoms with Crippen LogP contribution < -0.4 is 5.32 Å². The predicted octanol–water partition coefficient (Wildman–Crippen LogP) is 3.27. The number of furan rings is 1. The molecule has 0 saturated carbocycles. The summed E-state index contributed by atoms with van der Waals surface area (Å²) in [6, 6.07) is 7.56. The largest absolute Gasteiger partial charge is 0.451 e. The van der Waals surface area contributed by atoms with Crippen LogP contribution in [0.25, 0.3) is 11.0 Å². The van der Waals surface area contributed by atoms with Gasteiger partial charge >= 0.3 is 0 Å². The number of hydrogen-bond acceptors (Lipinski definition) is 5. The highest BCUT2D eigenvalue weighted by atomic mass is 32.1. The number of hydrogen-bond donors (Lipinski definition) is 1.